The van der Waals surface area contributed by atoms with E-state index in [0.29, 0.717) is 12.8 Å². The van der Waals surface area contributed by atoms with Gasteiger partial charge in [0.1, 0.15) is 12.1 Å². The van der Waals surface area contributed by atoms with Gasteiger partial charge in [0, 0.05) is 45.2 Å². The zero-order valence-corrected chi connectivity index (χ0v) is 35.9. The Bertz CT molecular complexity index is 1520. The number of hydrogen-bond donors (Lipinski definition) is 3. The first-order valence-electron chi connectivity index (χ1n) is 19.7. The summed E-state index contributed by atoms with van der Waals surface area (Å²) in [6, 6.07) is 4.02. The number of nitrogens with one attached hydrogen (secondary N) is 2. The van der Waals surface area contributed by atoms with E-state index in [2.05, 4.69) is 20.7 Å². The van der Waals surface area contributed by atoms with Gasteiger partial charge in [0.05, 0.1) is 55.8 Å². The van der Waals surface area contributed by atoms with E-state index in [1.807, 2.05) is 58.0 Å². The van der Waals surface area contributed by atoms with Crippen LogP contribution in [0.1, 0.15) is 66.4 Å². The number of likely N-dealkylation sites (tertiary alicyclic amines) is 1. The summed E-state index contributed by atoms with van der Waals surface area (Å²) in [7, 11) is 9.35. The van der Waals surface area contributed by atoms with Crippen molar-refractivity contribution in [2.24, 2.45) is 28.6 Å². The predicted octanol–water partition coefficient (Wildman–Crippen LogP) is 2.51. The standard InChI is InChI=1S/C40H67N9O8/c1-13-24(4)35(48(9)39(53)33(26(6)45-46-42)44-38(52)34(23(2)3)47(7)8)31(55-10)21-32(50)49-22-28(41)20-30(49)36(56-11)25(5)37(51)43-29(40(54)57-12)19-27-17-15-14-16-18-27/h14-18,23-26,28-31,33-36H,13,19-22,41H2,1-12H3,(H,43,51)(H,44,52)/t24-,25+,26-,28-,29-,30-,31+,33-,34-,35-,36+/m0/s1. The van der Waals surface area contributed by atoms with Gasteiger partial charge in [-0.3, -0.25) is 24.1 Å². The highest BCUT2D eigenvalue weighted by Crippen LogP contribution is 2.29. The first kappa shape index (κ1) is 48.9. The smallest absolute Gasteiger partial charge is 0.328 e. The molecule has 4 N–H and O–H groups in total. The lowest BCUT2D eigenvalue weighted by Gasteiger charge is -2.41. The summed E-state index contributed by atoms with van der Waals surface area (Å²) in [5.74, 6) is -3.27. The Labute approximate surface area is 338 Å². The highest BCUT2D eigenvalue weighted by molar-refractivity contribution is 5.91. The largest absolute Gasteiger partial charge is 0.467 e. The van der Waals surface area contributed by atoms with Crippen molar-refractivity contribution < 1.29 is 38.2 Å². The van der Waals surface area contributed by atoms with Crippen LogP contribution in [0.3, 0.4) is 0 Å². The van der Waals surface area contributed by atoms with Gasteiger partial charge in [0.15, 0.2) is 0 Å². The fourth-order valence-electron chi connectivity index (χ4n) is 7.98. The van der Waals surface area contributed by atoms with Crippen molar-refractivity contribution in [3.8, 4) is 0 Å². The van der Waals surface area contributed by atoms with Crippen LogP contribution < -0.4 is 16.4 Å². The Balaban J connectivity index is 2.38. The van der Waals surface area contributed by atoms with Crippen LogP contribution in [0.5, 0.6) is 0 Å². The zero-order valence-electron chi connectivity index (χ0n) is 35.9. The van der Waals surface area contributed by atoms with Gasteiger partial charge in [0.25, 0.3) is 0 Å². The van der Waals surface area contributed by atoms with Crippen LogP contribution in [-0.2, 0) is 44.6 Å². The molecule has 1 aliphatic heterocycles. The Hall–Kier alpha value is -4.28. The second kappa shape index (κ2) is 23.2. The van der Waals surface area contributed by atoms with Crippen LogP contribution in [0.2, 0.25) is 0 Å². The molecule has 0 spiro atoms. The van der Waals surface area contributed by atoms with Gasteiger partial charge in [-0.25, -0.2) is 4.79 Å². The van der Waals surface area contributed by atoms with Crippen molar-refractivity contribution in [2.75, 3.05) is 49.0 Å². The SMILES string of the molecule is CC[C@H](C)[C@@H]([C@@H](CC(=O)N1C[C@@H](N)C[C@H]1[C@H](OC)[C@@H](C)C(=O)N[C@@H](Cc1ccccc1)C(=O)OC)OC)N(C)C(=O)[C@@H](NC(=O)[C@H](C(C)C)N(C)C)[C@H](C)N=[N+]=[N-]. The van der Waals surface area contributed by atoms with Crippen molar-refractivity contribution in [2.45, 2.75) is 122 Å². The molecule has 57 heavy (non-hydrogen) atoms. The average Bonchev–Trinajstić information content (AvgIpc) is 3.56. The Morgan fingerprint density at radius 2 is 1.61 bits per heavy atom. The van der Waals surface area contributed by atoms with E-state index in [1.165, 1.54) is 26.2 Å². The van der Waals surface area contributed by atoms with Gasteiger partial charge in [0.2, 0.25) is 23.6 Å². The van der Waals surface area contributed by atoms with Gasteiger partial charge in [-0.05, 0) is 43.4 Å². The van der Waals surface area contributed by atoms with E-state index in [0.717, 1.165) is 5.56 Å². The van der Waals surface area contributed by atoms with Gasteiger partial charge in [-0.2, -0.15) is 0 Å². The van der Waals surface area contributed by atoms with Gasteiger partial charge in [-0.15, -0.1) is 0 Å². The molecule has 4 amide bonds. The lowest BCUT2D eigenvalue weighted by Crippen LogP contribution is -2.60. The molecular weight excluding hydrogens is 734 g/mol. The molecule has 0 saturated carbocycles. The minimum Gasteiger partial charge on any atom is -0.467 e. The summed E-state index contributed by atoms with van der Waals surface area (Å²) in [6.45, 7) is 11.2. The number of likely N-dealkylation sites (N-methyl/N-ethyl adjacent to an activating group) is 2. The molecule has 0 aliphatic carbocycles. The minimum atomic E-state index is -1.19. The topological polar surface area (TPSA) is 222 Å². The highest BCUT2D eigenvalue weighted by atomic mass is 16.5. The fourth-order valence-corrected chi connectivity index (χ4v) is 7.98. The molecule has 1 aromatic carbocycles. The maximum Gasteiger partial charge on any atom is 0.328 e. The number of esters is 1. The van der Waals surface area contributed by atoms with Crippen LogP contribution >= 0.6 is 0 Å². The number of azide groups is 1. The number of ether oxygens (including phenoxy) is 3. The Morgan fingerprint density at radius 3 is 2.12 bits per heavy atom. The number of hydrogen-bond acceptors (Lipinski definition) is 11. The maximum atomic E-state index is 14.3. The van der Waals surface area contributed by atoms with Gasteiger partial charge in [-0.1, -0.05) is 83.4 Å². The number of methoxy groups -OCH3 is 3. The fraction of sp³-hybridized carbons (Fsp3) is 0.725. The molecule has 1 saturated heterocycles. The number of carbonyl (C=O) groups excluding carboxylic acids is 5. The molecule has 0 unspecified atom stereocenters. The van der Waals surface area contributed by atoms with E-state index >= 15 is 0 Å². The number of carbonyl (C=O) groups is 5. The highest BCUT2D eigenvalue weighted by Gasteiger charge is 2.45. The molecule has 11 atom stereocenters. The first-order valence-corrected chi connectivity index (χ1v) is 19.7. The van der Waals surface area contributed by atoms with E-state index in [9.17, 15) is 29.5 Å². The Morgan fingerprint density at radius 1 is 0.982 bits per heavy atom. The number of benzene rings is 1. The summed E-state index contributed by atoms with van der Waals surface area (Å²) in [5.41, 5.74) is 16.6. The number of rotatable bonds is 22. The monoisotopic (exact) mass is 802 g/mol. The summed E-state index contributed by atoms with van der Waals surface area (Å²) in [5, 5.41) is 9.44. The second-order valence-corrected chi connectivity index (χ2v) is 15.8. The van der Waals surface area contributed by atoms with Crippen LogP contribution in [0, 0.1) is 17.8 Å². The normalized spacial score (nSPS) is 20.2. The van der Waals surface area contributed by atoms with Crippen LogP contribution in [0.25, 0.3) is 10.4 Å². The molecule has 0 radical (unpaired) electrons. The summed E-state index contributed by atoms with van der Waals surface area (Å²) in [4.78, 5) is 76.4. The molecule has 0 bridgehead atoms. The molecule has 17 nitrogen and oxygen atoms in total. The van der Waals surface area contributed by atoms with Crippen LogP contribution in [0.15, 0.2) is 35.4 Å². The first-order chi connectivity index (χ1) is 26.9. The molecule has 1 aliphatic rings. The van der Waals surface area contributed by atoms with Crippen LogP contribution in [-0.4, -0.2) is 148 Å². The predicted molar refractivity (Wildman–Crippen MR) is 216 cm³/mol. The molecule has 320 valence electrons. The summed E-state index contributed by atoms with van der Waals surface area (Å²) in [6.07, 6.45) is -0.500. The maximum absolute atomic E-state index is 14.3. The molecule has 1 heterocycles. The minimum absolute atomic E-state index is 0.0750. The molecular formula is C40H67N9O8. The van der Waals surface area contributed by atoms with E-state index < -0.39 is 78.2 Å². The van der Waals surface area contributed by atoms with Gasteiger partial charge < -0.3 is 40.4 Å². The number of nitrogens with two attached hydrogens (primary N) is 1. The zero-order chi connectivity index (χ0) is 43.1. The molecule has 1 fully saturated rings. The lowest BCUT2D eigenvalue weighted by atomic mass is 9.89. The number of amides is 4. The van der Waals surface area contributed by atoms with Crippen molar-refractivity contribution >= 4 is 29.6 Å². The van der Waals surface area contributed by atoms with E-state index in [4.69, 9.17) is 19.9 Å². The molecule has 17 heteroatoms. The summed E-state index contributed by atoms with van der Waals surface area (Å²) >= 11 is 0. The van der Waals surface area contributed by atoms with E-state index in [1.54, 1.807) is 44.8 Å². The lowest BCUT2D eigenvalue weighted by molar-refractivity contribution is -0.148. The Kier molecular flexibility index (Phi) is 19.9. The molecule has 2 rings (SSSR count). The van der Waals surface area contributed by atoms with E-state index in [-0.39, 0.29) is 43.0 Å². The molecule has 0 aromatic heterocycles. The molecule has 1 aromatic rings. The quantitative estimate of drug-likeness (QED) is 0.0673. The van der Waals surface area contributed by atoms with Crippen molar-refractivity contribution in [3.63, 3.8) is 0 Å². The van der Waals surface area contributed by atoms with Gasteiger partial charge >= 0.3 is 5.97 Å². The van der Waals surface area contributed by atoms with Crippen LogP contribution in [0.4, 0.5) is 0 Å². The summed E-state index contributed by atoms with van der Waals surface area (Å²) < 4.78 is 16.9. The second-order valence-electron chi connectivity index (χ2n) is 15.8. The number of nitrogens with zero attached hydrogens (tertiary/aromatic N) is 6. The van der Waals surface area contributed by atoms with Crippen molar-refractivity contribution in [1.82, 2.24) is 25.3 Å². The van der Waals surface area contributed by atoms with Crippen molar-refractivity contribution in [3.05, 3.63) is 46.3 Å². The third-order valence-electron chi connectivity index (χ3n) is 11.2. The third kappa shape index (κ3) is 13.1. The average molecular weight is 802 g/mol. The third-order valence-corrected chi connectivity index (χ3v) is 11.2. The van der Waals surface area contributed by atoms with Crippen molar-refractivity contribution in [1.29, 1.82) is 0 Å².